The van der Waals surface area contributed by atoms with Crippen molar-refractivity contribution in [2.75, 3.05) is 7.11 Å². The first-order chi connectivity index (χ1) is 14.6. The number of carbonyl (C=O) groups excluding carboxylic acids is 1. The third-order valence-electron chi connectivity index (χ3n) is 4.01. The Morgan fingerprint density at radius 1 is 0.867 bits per heavy atom. The molecule has 0 saturated heterocycles. The summed E-state index contributed by atoms with van der Waals surface area (Å²) < 4.78 is 6.03. The summed E-state index contributed by atoms with van der Waals surface area (Å²) >= 11 is 3.09. The molecule has 0 fully saturated rings. The zero-order valence-corrected chi connectivity index (χ0v) is 18.4. The van der Waals surface area contributed by atoms with Gasteiger partial charge in [0.15, 0.2) is 0 Å². The number of amides is 1. The number of hydrogen-bond acceptors (Lipinski definition) is 5. The van der Waals surface area contributed by atoms with Crippen LogP contribution in [0.5, 0.6) is 5.75 Å². The van der Waals surface area contributed by atoms with Gasteiger partial charge in [-0.3, -0.25) is 4.79 Å². The number of hydrogen-bond donors (Lipinski definition) is 1. The van der Waals surface area contributed by atoms with Crippen LogP contribution in [-0.4, -0.2) is 18.7 Å². The maximum Gasteiger partial charge on any atom is 0.265 e. The Bertz CT molecular complexity index is 975. The first kappa shape index (κ1) is 21.7. The Labute approximate surface area is 185 Å². The van der Waals surface area contributed by atoms with Crippen molar-refractivity contribution in [2.24, 2.45) is 5.10 Å². The first-order valence-corrected chi connectivity index (χ1v) is 10.9. The van der Waals surface area contributed by atoms with Crippen molar-refractivity contribution >= 4 is 35.1 Å². The van der Waals surface area contributed by atoms with E-state index in [9.17, 15) is 4.79 Å². The Balaban J connectivity index is 1.72. The largest absolute Gasteiger partial charge is 0.497 e. The van der Waals surface area contributed by atoms with E-state index in [1.54, 1.807) is 36.7 Å². The minimum Gasteiger partial charge on any atom is -0.497 e. The van der Waals surface area contributed by atoms with Gasteiger partial charge in [0, 0.05) is 15.9 Å². The lowest BCUT2D eigenvalue weighted by Gasteiger charge is -2.07. The van der Waals surface area contributed by atoms with Crippen LogP contribution in [0.2, 0.25) is 0 Å². The minimum atomic E-state index is -0.273. The minimum absolute atomic E-state index is 0.273. The van der Waals surface area contributed by atoms with Crippen LogP contribution in [0, 0.1) is 0 Å². The van der Waals surface area contributed by atoms with Crippen LogP contribution in [0.3, 0.4) is 0 Å². The Morgan fingerprint density at radius 3 is 1.90 bits per heavy atom. The molecule has 0 heterocycles. The van der Waals surface area contributed by atoms with E-state index < -0.39 is 0 Å². The summed E-state index contributed by atoms with van der Waals surface area (Å²) in [7, 11) is 1.63. The summed E-state index contributed by atoms with van der Waals surface area (Å²) in [4.78, 5) is 14.7. The highest BCUT2D eigenvalue weighted by Crippen LogP contribution is 2.38. The van der Waals surface area contributed by atoms with E-state index in [0.29, 0.717) is 5.71 Å². The quantitative estimate of drug-likeness (QED) is 0.206. The van der Waals surface area contributed by atoms with Crippen LogP contribution in [0.1, 0.15) is 12.5 Å². The lowest BCUT2D eigenvalue weighted by Crippen LogP contribution is -2.16. The fraction of sp³-hybridized carbons (Fsp3) is 0.0833. The fourth-order valence-electron chi connectivity index (χ4n) is 2.46. The van der Waals surface area contributed by atoms with Gasteiger partial charge in [0.2, 0.25) is 0 Å². The van der Waals surface area contributed by atoms with Gasteiger partial charge in [-0.25, -0.2) is 5.43 Å². The molecule has 0 aliphatic carbocycles. The molecule has 3 aromatic rings. The van der Waals surface area contributed by atoms with Crippen LogP contribution in [0.4, 0.5) is 0 Å². The van der Waals surface area contributed by atoms with E-state index in [1.807, 2.05) is 91.9 Å². The highest BCUT2D eigenvalue weighted by Gasteiger charge is 2.07. The number of thioether (sulfide) groups is 2. The number of rotatable bonds is 8. The Morgan fingerprint density at radius 2 is 1.40 bits per heavy atom. The van der Waals surface area contributed by atoms with Gasteiger partial charge in [-0.1, -0.05) is 59.9 Å². The average Bonchev–Trinajstić information content (AvgIpc) is 2.79. The molecule has 6 heteroatoms. The van der Waals surface area contributed by atoms with Crippen LogP contribution in [-0.2, 0) is 4.79 Å². The van der Waals surface area contributed by atoms with E-state index in [1.165, 1.54) is 0 Å². The van der Waals surface area contributed by atoms with E-state index >= 15 is 0 Å². The predicted molar refractivity (Wildman–Crippen MR) is 126 cm³/mol. The number of methoxy groups -OCH3 is 1. The number of nitrogens with zero attached hydrogens (tertiary/aromatic N) is 1. The Hall–Kier alpha value is -2.96. The number of benzene rings is 3. The highest BCUT2D eigenvalue weighted by atomic mass is 32.2. The molecule has 4 nitrogen and oxygen atoms in total. The maximum absolute atomic E-state index is 12.5. The SMILES string of the molecule is COc1ccc(/C(C)=N/NC(=O)C=C(Sc2ccccc2)Sc2ccccc2)cc1. The molecule has 0 aromatic heterocycles. The zero-order chi connectivity index (χ0) is 21.2. The van der Waals surface area contributed by atoms with Gasteiger partial charge in [0.05, 0.1) is 17.1 Å². The summed E-state index contributed by atoms with van der Waals surface area (Å²) in [6.45, 7) is 1.85. The molecule has 0 unspecified atom stereocenters. The van der Waals surface area contributed by atoms with Crippen molar-refractivity contribution in [2.45, 2.75) is 16.7 Å². The fourth-order valence-corrected chi connectivity index (χ4v) is 4.59. The zero-order valence-electron chi connectivity index (χ0n) is 16.7. The van der Waals surface area contributed by atoms with Crippen LogP contribution >= 0.6 is 23.5 Å². The molecule has 0 atom stereocenters. The van der Waals surface area contributed by atoms with Crippen molar-refractivity contribution in [3.63, 3.8) is 0 Å². The van der Waals surface area contributed by atoms with Gasteiger partial charge in [-0.2, -0.15) is 5.10 Å². The lowest BCUT2D eigenvalue weighted by atomic mass is 10.1. The van der Waals surface area contributed by atoms with E-state index in [0.717, 1.165) is 25.3 Å². The van der Waals surface area contributed by atoms with Crippen LogP contribution in [0.25, 0.3) is 0 Å². The molecule has 3 aromatic carbocycles. The third kappa shape index (κ3) is 6.83. The van der Waals surface area contributed by atoms with Gasteiger partial charge in [0.25, 0.3) is 5.91 Å². The molecule has 30 heavy (non-hydrogen) atoms. The summed E-state index contributed by atoms with van der Waals surface area (Å²) in [6, 6.07) is 27.5. The molecule has 0 aliphatic rings. The second-order valence-corrected chi connectivity index (χ2v) is 8.68. The molecule has 1 amide bonds. The van der Waals surface area contributed by atoms with Gasteiger partial charge in [0.1, 0.15) is 5.75 Å². The normalized spacial score (nSPS) is 10.9. The molecule has 0 spiro atoms. The summed E-state index contributed by atoms with van der Waals surface area (Å²) in [5.41, 5.74) is 4.26. The summed E-state index contributed by atoms with van der Waals surface area (Å²) in [5.74, 6) is 0.503. The van der Waals surface area contributed by atoms with Gasteiger partial charge in [-0.15, -0.1) is 0 Å². The summed E-state index contributed by atoms with van der Waals surface area (Å²) in [6.07, 6.45) is 1.58. The molecular weight excluding hydrogens is 412 g/mol. The molecule has 0 bridgehead atoms. The molecule has 0 radical (unpaired) electrons. The second kappa shape index (κ2) is 11.3. The van der Waals surface area contributed by atoms with Gasteiger partial charge >= 0.3 is 0 Å². The third-order valence-corrected chi connectivity index (χ3v) is 6.17. The molecule has 3 rings (SSSR count). The lowest BCUT2D eigenvalue weighted by molar-refractivity contribution is -0.116. The second-order valence-electron chi connectivity index (χ2n) is 6.20. The van der Waals surface area contributed by atoms with Gasteiger partial charge in [-0.05, 0) is 61.0 Å². The van der Waals surface area contributed by atoms with E-state index in [2.05, 4.69) is 10.5 Å². The molecule has 0 saturated carbocycles. The predicted octanol–water partition coefficient (Wildman–Crippen LogP) is 5.96. The van der Waals surface area contributed by atoms with Crippen molar-refractivity contribution in [1.82, 2.24) is 5.43 Å². The number of nitrogens with one attached hydrogen (secondary N) is 1. The van der Waals surface area contributed by atoms with E-state index in [4.69, 9.17) is 4.74 Å². The smallest absolute Gasteiger partial charge is 0.265 e. The monoisotopic (exact) mass is 434 g/mol. The maximum atomic E-state index is 12.5. The van der Waals surface area contributed by atoms with E-state index in [-0.39, 0.29) is 5.91 Å². The average molecular weight is 435 g/mol. The van der Waals surface area contributed by atoms with Crippen molar-refractivity contribution < 1.29 is 9.53 Å². The summed E-state index contributed by atoms with van der Waals surface area (Å²) in [5, 5.41) is 4.23. The molecule has 0 aliphatic heterocycles. The molecule has 152 valence electrons. The number of ether oxygens (including phenoxy) is 1. The van der Waals surface area contributed by atoms with Gasteiger partial charge < -0.3 is 4.74 Å². The number of hydrazone groups is 1. The molecular formula is C24H22N2O2S2. The standard InChI is InChI=1S/C24H22N2O2S2/c1-18(19-13-15-20(28-2)16-14-19)25-26-23(27)17-24(29-21-9-5-3-6-10-21)30-22-11-7-4-8-12-22/h3-17H,1-2H3,(H,26,27)/b25-18+. The highest BCUT2D eigenvalue weighted by molar-refractivity contribution is 8.22. The van der Waals surface area contributed by atoms with Crippen molar-refractivity contribution in [3.05, 3.63) is 101 Å². The topological polar surface area (TPSA) is 50.7 Å². The Kier molecular flexibility index (Phi) is 8.18. The van der Waals surface area contributed by atoms with Crippen molar-refractivity contribution in [1.29, 1.82) is 0 Å². The number of carbonyl (C=O) groups is 1. The molecule has 1 N–H and O–H groups in total. The van der Waals surface area contributed by atoms with Crippen molar-refractivity contribution in [3.8, 4) is 5.75 Å². The van der Waals surface area contributed by atoms with Crippen LogP contribution in [0.15, 0.2) is 110 Å². The van der Waals surface area contributed by atoms with Crippen LogP contribution < -0.4 is 10.2 Å². The first-order valence-electron chi connectivity index (χ1n) is 9.30.